The van der Waals surface area contributed by atoms with Crippen LogP contribution < -0.4 is 4.74 Å². The summed E-state index contributed by atoms with van der Waals surface area (Å²) in [4.78, 5) is 12.5. The molecular formula is C31H44FNO3. The molecule has 0 heterocycles. The van der Waals surface area contributed by atoms with Crippen molar-refractivity contribution < 1.29 is 18.7 Å². The van der Waals surface area contributed by atoms with Gasteiger partial charge in [0.25, 0.3) is 0 Å². The fourth-order valence-electron chi connectivity index (χ4n) is 6.85. The van der Waals surface area contributed by atoms with Crippen LogP contribution in [0.1, 0.15) is 109 Å². The minimum atomic E-state index is -0.663. The Hall–Kier alpha value is -1.93. The first-order valence-corrected chi connectivity index (χ1v) is 14.6. The Bertz CT molecular complexity index is 872. The Morgan fingerprint density at radius 3 is 2.17 bits per heavy atom. The van der Waals surface area contributed by atoms with Gasteiger partial charge in [-0.15, -0.1) is 0 Å². The number of rotatable bonds is 9. The smallest absolute Gasteiger partial charge is 0.314 e. The molecule has 0 aliphatic heterocycles. The predicted molar refractivity (Wildman–Crippen MR) is 139 cm³/mol. The molecule has 36 heavy (non-hydrogen) atoms. The van der Waals surface area contributed by atoms with Crippen LogP contribution in [0.25, 0.3) is 0 Å². The molecule has 198 valence electrons. The maximum atomic E-state index is 13.8. The lowest BCUT2D eigenvalue weighted by Gasteiger charge is -2.38. The third kappa shape index (κ3) is 7.54. The lowest BCUT2D eigenvalue weighted by molar-refractivity contribution is -0.141. The SMILES string of the molecule is CCCC[C@H]1CC[C@H]([C@H]2CC[C@H](CO[C@H]3CC[C@H](C(=O)Oc4ccc(C#N)c(F)c4)CC3)CC2)CC1. The van der Waals surface area contributed by atoms with E-state index in [1.54, 1.807) is 6.07 Å². The summed E-state index contributed by atoms with van der Waals surface area (Å²) in [6.07, 6.45) is 18.9. The van der Waals surface area contributed by atoms with Gasteiger partial charge in [-0.2, -0.15) is 5.26 Å². The van der Waals surface area contributed by atoms with Gasteiger partial charge in [0.15, 0.2) is 0 Å². The summed E-state index contributed by atoms with van der Waals surface area (Å²) in [5.74, 6) is 2.63. The van der Waals surface area contributed by atoms with Gasteiger partial charge in [-0.3, -0.25) is 4.79 Å². The van der Waals surface area contributed by atoms with E-state index in [9.17, 15) is 9.18 Å². The molecule has 4 rings (SSSR count). The van der Waals surface area contributed by atoms with Crippen molar-refractivity contribution in [1.29, 1.82) is 5.26 Å². The number of carbonyl (C=O) groups is 1. The van der Waals surface area contributed by atoms with E-state index in [0.29, 0.717) is 5.92 Å². The van der Waals surface area contributed by atoms with Crippen molar-refractivity contribution >= 4 is 5.97 Å². The Balaban J connectivity index is 1.10. The molecule has 1 aromatic carbocycles. The maximum Gasteiger partial charge on any atom is 0.314 e. The quantitative estimate of drug-likeness (QED) is 0.256. The van der Waals surface area contributed by atoms with Gasteiger partial charge in [-0.25, -0.2) is 4.39 Å². The lowest BCUT2D eigenvalue weighted by atomic mass is 9.69. The average Bonchev–Trinajstić information content (AvgIpc) is 2.92. The van der Waals surface area contributed by atoms with Gasteiger partial charge < -0.3 is 9.47 Å². The van der Waals surface area contributed by atoms with E-state index in [-0.39, 0.29) is 29.3 Å². The van der Waals surface area contributed by atoms with E-state index in [1.165, 1.54) is 82.8 Å². The van der Waals surface area contributed by atoms with Crippen molar-refractivity contribution in [2.75, 3.05) is 6.61 Å². The Morgan fingerprint density at radius 2 is 1.58 bits per heavy atom. The van der Waals surface area contributed by atoms with Crippen LogP contribution in [-0.4, -0.2) is 18.7 Å². The van der Waals surface area contributed by atoms with Crippen LogP contribution in [0.2, 0.25) is 0 Å². The molecule has 3 saturated carbocycles. The third-order valence-corrected chi connectivity index (χ3v) is 9.27. The van der Waals surface area contributed by atoms with Gasteiger partial charge in [0, 0.05) is 12.7 Å². The molecule has 0 saturated heterocycles. The summed E-state index contributed by atoms with van der Waals surface area (Å²) in [5, 5.41) is 8.83. The number of benzene rings is 1. The molecule has 3 aliphatic rings. The second kappa shape index (κ2) is 13.6. The second-order valence-corrected chi connectivity index (χ2v) is 11.7. The molecule has 1 aromatic rings. The van der Waals surface area contributed by atoms with Crippen LogP contribution in [0.15, 0.2) is 18.2 Å². The number of unbranched alkanes of at least 4 members (excludes halogenated alkanes) is 1. The second-order valence-electron chi connectivity index (χ2n) is 11.7. The molecule has 5 heteroatoms. The molecule has 0 aromatic heterocycles. The van der Waals surface area contributed by atoms with Gasteiger partial charge >= 0.3 is 5.97 Å². The maximum absolute atomic E-state index is 13.8. The van der Waals surface area contributed by atoms with Crippen LogP contribution in [0.4, 0.5) is 4.39 Å². The largest absolute Gasteiger partial charge is 0.426 e. The van der Waals surface area contributed by atoms with Gasteiger partial charge in [0.2, 0.25) is 0 Å². The highest BCUT2D eigenvalue weighted by molar-refractivity contribution is 5.75. The Morgan fingerprint density at radius 1 is 0.944 bits per heavy atom. The summed E-state index contributed by atoms with van der Waals surface area (Å²) in [6.45, 7) is 3.17. The van der Waals surface area contributed by atoms with E-state index < -0.39 is 5.82 Å². The summed E-state index contributed by atoms with van der Waals surface area (Å²) in [7, 11) is 0. The van der Waals surface area contributed by atoms with Crippen LogP contribution >= 0.6 is 0 Å². The lowest BCUT2D eigenvalue weighted by Crippen LogP contribution is -2.31. The molecule has 0 bridgehead atoms. The van der Waals surface area contributed by atoms with Gasteiger partial charge in [0.1, 0.15) is 17.6 Å². The van der Waals surface area contributed by atoms with E-state index >= 15 is 0 Å². The fourth-order valence-corrected chi connectivity index (χ4v) is 6.85. The summed E-state index contributed by atoms with van der Waals surface area (Å²) in [6, 6.07) is 5.70. The standard InChI is InChI=1S/C31H44FNO3/c1-2-3-4-22-5-9-24(10-6-22)25-11-7-23(8-12-25)21-35-28-16-13-26(14-17-28)31(34)36-29-18-15-27(20-33)30(32)19-29/h15,18-19,22-26,28H,2-14,16-17,21H2,1H3/t22-,23-,24-,25-,26-,28-. The van der Waals surface area contributed by atoms with Crippen molar-refractivity contribution in [2.45, 2.75) is 109 Å². The molecule has 3 fully saturated rings. The molecular weight excluding hydrogens is 453 g/mol. The molecule has 4 nitrogen and oxygen atoms in total. The molecule has 0 unspecified atom stereocenters. The molecule has 0 amide bonds. The highest BCUT2D eigenvalue weighted by Crippen LogP contribution is 2.42. The van der Waals surface area contributed by atoms with Crippen LogP contribution in [0.3, 0.4) is 0 Å². The molecule has 0 radical (unpaired) electrons. The summed E-state index contributed by atoms with van der Waals surface area (Å²) in [5.41, 5.74) is -0.0501. The van der Waals surface area contributed by atoms with Gasteiger partial charge in [-0.05, 0) is 100 Å². The number of carbonyl (C=O) groups excluding carboxylic acids is 1. The van der Waals surface area contributed by atoms with Crippen LogP contribution in [-0.2, 0) is 9.53 Å². The Kier molecular flexibility index (Phi) is 10.2. The number of esters is 1. The van der Waals surface area contributed by atoms with Gasteiger partial charge in [-0.1, -0.05) is 39.0 Å². The zero-order valence-corrected chi connectivity index (χ0v) is 22.1. The van der Waals surface area contributed by atoms with Crippen LogP contribution in [0, 0.1) is 46.7 Å². The average molecular weight is 498 g/mol. The normalized spacial score (nSPS) is 30.9. The number of ether oxygens (including phenoxy) is 2. The first kappa shape index (κ1) is 27.1. The highest BCUT2D eigenvalue weighted by atomic mass is 19.1. The van der Waals surface area contributed by atoms with E-state index in [1.807, 2.05) is 0 Å². The molecule has 3 aliphatic carbocycles. The van der Waals surface area contributed by atoms with Crippen molar-refractivity contribution in [1.82, 2.24) is 0 Å². The topological polar surface area (TPSA) is 59.3 Å². The van der Waals surface area contributed by atoms with E-state index in [4.69, 9.17) is 14.7 Å². The van der Waals surface area contributed by atoms with Crippen molar-refractivity contribution in [3.63, 3.8) is 0 Å². The summed E-state index contributed by atoms with van der Waals surface area (Å²) >= 11 is 0. The zero-order valence-electron chi connectivity index (χ0n) is 22.1. The van der Waals surface area contributed by atoms with Gasteiger partial charge in [0.05, 0.1) is 17.6 Å². The first-order valence-electron chi connectivity index (χ1n) is 14.6. The molecule has 0 N–H and O–H groups in total. The highest BCUT2D eigenvalue weighted by Gasteiger charge is 2.32. The van der Waals surface area contributed by atoms with Crippen molar-refractivity contribution in [3.05, 3.63) is 29.6 Å². The zero-order chi connectivity index (χ0) is 25.3. The predicted octanol–water partition coefficient (Wildman–Crippen LogP) is 7.98. The number of nitriles is 1. The van der Waals surface area contributed by atoms with E-state index in [2.05, 4.69) is 6.92 Å². The Labute approximate surface area is 216 Å². The fraction of sp³-hybridized carbons (Fsp3) is 0.742. The number of halogens is 1. The molecule has 0 atom stereocenters. The first-order chi connectivity index (χ1) is 17.6. The monoisotopic (exact) mass is 497 g/mol. The molecule has 0 spiro atoms. The minimum Gasteiger partial charge on any atom is -0.426 e. The summed E-state index contributed by atoms with van der Waals surface area (Å²) < 4.78 is 25.5. The van der Waals surface area contributed by atoms with Crippen molar-refractivity contribution in [3.8, 4) is 11.8 Å². The number of hydrogen-bond donors (Lipinski definition) is 0. The van der Waals surface area contributed by atoms with E-state index in [0.717, 1.165) is 56.1 Å². The van der Waals surface area contributed by atoms with Crippen molar-refractivity contribution in [2.24, 2.45) is 29.6 Å². The third-order valence-electron chi connectivity index (χ3n) is 9.27. The minimum absolute atomic E-state index is 0.0501. The number of nitrogens with zero attached hydrogens (tertiary/aromatic N) is 1. The number of hydrogen-bond acceptors (Lipinski definition) is 4. The van der Waals surface area contributed by atoms with Crippen LogP contribution in [0.5, 0.6) is 5.75 Å².